The molecule has 0 aliphatic carbocycles. The molecule has 0 aromatic heterocycles. The van der Waals surface area contributed by atoms with Crippen molar-refractivity contribution >= 4 is 0 Å². The molecular weight excluding hydrogens is 265 g/mol. The third kappa shape index (κ3) is 3.82. The van der Waals surface area contributed by atoms with Crippen molar-refractivity contribution in [1.29, 1.82) is 0 Å². The smallest absolute Gasteiger partial charge is 0.128 e. The normalized spacial score (nSPS) is 19.7. The molecular formula is C17H28FN3. The minimum Gasteiger partial charge on any atom is -0.329 e. The predicted octanol–water partition coefficient (Wildman–Crippen LogP) is 2.55. The molecule has 118 valence electrons. The maximum absolute atomic E-state index is 14.1. The molecule has 0 amide bonds. The maximum atomic E-state index is 14.1. The molecule has 3 nitrogen and oxygen atoms in total. The van der Waals surface area contributed by atoms with Crippen molar-refractivity contribution in [3.8, 4) is 0 Å². The maximum Gasteiger partial charge on any atom is 0.128 e. The minimum atomic E-state index is -0.144. The standard InChI is InChI=1S/C17H28FN3/c1-13-5-6-15(18)14(11-13)16(12-19)20-7-9-21(10-8-20)17(2,3)4/h5-6,11,16H,7-10,12,19H2,1-4H3. The van der Waals surface area contributed by atoms with Gasteiger partial charge in [0, 0.05) is 43.8 Å². The number of nitrogens with zero attached hydrogens (tertiary/aromatic N) is 2. The van der Waals surface area contributed by atoms with Gasteiger partial charge in [-0.2, -0.15) is 0 Å². The van der Waals surface area contributed by atoms with Gasteiger partial charge in [-0.15, -0.1) is 0 Å². The van der Waals surface area contributed by atoms with Crippen LogP contribution in [0.2, 0.25) is 0 Å². The second kappa shape index (κ2) is 6.42. The second-order valence-electron chi connectivity index (χ2n) is 6.97. The Balaban J connectivity index is 2.11. The van der Waals surface area contributed by atoms with Crippen LogP contribution in [-0.2, 0) is 0 Å². The topological polar surface area (TPSA) is 32.5 Å². The molecule has 1 aromatic rings. The van der Waals surface area contributed by atoms with Crippen molar-refractivity contribution in [2.24, 2.45) is 5.73 Å². The molecule has 0 spiro atoms. The molecule has 2 rings (SSSR count). The summed E-state index contributed by atoms with van der Waals surface area (Å²) in [5.74, 6) is -0.144. The predicted molar refractivity (Wildman–Crippen MR) is 85.8 cm³/mol. The van der Waals surface area contributed by atoms with Gasteiger partial charge in [-0.25, -0.2) is 4.39 Å². The first-order valence-electron chi connectivity index (χ1n) is 7.78. The zero-order valence-corrected chi connectivity index (χ0v) is 13.7. The van der Waals surface area contributed by atoms with Crippen LogP contribution in [0.15, 0.2) is 18.2 Å². The quantitative estimate of drug-likeness (QED) is 0.929. The van der Waals surface area contributed by atoms with Gasteiger partial charge >= 0.3 is 0 Å². The van der Waals surface area contributed by atoms with Crippen molar-refractivity contribution in [2.75, 3.05) is 32.7 Å². The Morgan fingerprint density at radius 3 is 2.33 bits per heavy atom. The summed E-state index contributed by atoms with van der Waals surface area (Å²) < 4.78 is 14.1. The van der Waals surface area contributed by atoms with E-state index in [1.807, 2.05) is 19.1 Å². The van der Waals surface area contributed by atoms with Gasteiger partial charge in [0.25, 0.3) is 0 Å². The average Bonchev–Trinajstić information content (AvgIpc) is 2.43. The Kier molecular flexibility index (Phi) is 5.02. The second-order valence-corrected chi connectivity index (χ2v) is 6.97. The molecule has 1 fully saturated rings. The van der Waals surface area contributed by atoms with Gasteiger partial charge in [-0.1, -0.05) is 17.7 Å². The van der Waals surface area contributed by atoms with E-state index >= 15 is 0 Å². The van der Waals surface area contributed by atoms with Crippen LogP contribution in [-0.4, -0.2) is 48.1 Å². The number of hydrogen-bond donors (Lipinski definition) is 1. The van der Waals surface area contributed by atoms with Crippen LogP contribution in [0.5, 0.6) is 0 Å². The van der Waals surface area contributed by atoms with Crippen molar-refractivity contribution in [3.05, 3.63) is 35.1 Å². The van der Waals surface area contributed by atoms with E-state index in [1.54, 1.807) is 6.07 Å². The van der Waals surface area contributed by atoms with E-state index in [4.69, 9.17) is 5.73 Å². The summed E-state index contributed by atoms with van der Waals surface area (Å²) in [6.07, 6.45) is 0. The molecule has 0 radical (unpaired) electrons. The van der Waals surface area contributed by atoms with Crippen molar-refractivity contribution < 1.29 is 4.39 Å². The molecule has 1 aromatic carbocycles. The highest BCUT2D eigenvalue weighted by atomic mass is 19.1. The van der Waals surface area contributed by atoms with Crippen LogP contribution >= 0.6 is 0 Å². The number of nitrogens with two attached hydrogens (primary N) is 1. The van der Waals surface area contributed by atoms with Crippen molar-refractivity contribution in [3.63, 3.8) is 0 Å². The summed E-state index contributed by atoms with van der Waals surface area (Å²) in [7, 11) is 0. The summed E-state index contributed by atoms with van der Waals surface area (Å²) in [5.41, 5.74) is 7.97. The highest BCUT2D eigenvalue weighted by molar-refractivity contribution is 5.27. The number of aryl methyl sites for hydroxylation is 1. The molecule has 1 unspecified atom stereocenters. The van der Waals surface area contributed by atoms with Crippen LogP contribution < -0.4 is 5.73 Å². The Morgan fingerprint density at radius 1 is 1.19 bits per heavy atom. The Bertz CT molecular complexity index is 473. The molecule has 1 atom stereocenters. The highest BCUT2D eigenvalue weighted by Gasteiger charge is 2.30. The lowest BCUT2D eigenvalue weighted by Crippen LogP contribution is -2.54. The van der Waals surface area contributed by atoms with Crippen LogP contribution in [0.1, 0.15) is 37.9 Å². The fourth-order valence-electron chi connectivity index (χ4n) is 3.10. The molecule has 1 saturated heterocycles. The van der Waals surface area contributed by atoms with E-state index in [1.165, 1.54) is 0 Å². The first-order valence-corrected chi connectivity index (χ1v) is 7.78. The summed E-state index contributed by atoms with van der Waals surface area (Å²) >= 11 is 0. The summed E-state index contributed by atoms with van der Waals surface area (Å²) in [5, 5.41) is 0. The van der Waals surface area contributed by atoms with Crippen LogP contribution in [0.25, 0.3) is 0 Å². The number of hydrogen-bond acceptors (Lipinski definition) is 3. The Hall–Kier alpha value is -0.970. The summed E-state index contributed by atoms with van der Waals surface area (Å²) in [6, 6.07) is 5.28. The lowest BCUT2D eigenvalue weighted by molar-refractivity contribution is 0.0426. The third-order valence-electron chi connectivity index (χ3n) is 4.44. The van der Waals surface area contributed by atoms with E-state index in [-0.39, 0.29) is 17.4 Å². The van der Waals surface area contributed by atoms with Crippen LogP contribution in [0, 0.1) is 12.7 Å². The largest absolute Gasteiger partial charge is 0.329 e. The number of rotatable bonds is 3. The molecule has 2 N–H and O–H groups in total. The molecule has 0 bridgehead atoms. The van der Waals surface area contributed by atoms with Crippen LogP contribution in [0.3, 0.4) is 0 Å². The Morgan fingerprint density at radius 2 is 1.81 bits per heavy atom. The van der Waals surface area contributed by atoms with Gasteiger partial charge in [0.2, 0.25) is 0 Å². The van der Waals surface area contributed by atoms with E-state index in [9.17, 15) is 4.39 Å². The van der Waals surface area contributed by atoms with Gasteiger partial charge in [0.1, 0.15) is 5.82 Å². The molecule has 1 aliphatic rings. The van der Waals surface area contributed by atoms with Crippen molar-refractivity contribution in [1.82, 2.24) is 9.80 Å². The molecule has 1 aliphatic heterocycles. The zero-order chi connectivity index (χ0) is 15.6. The van der Waals surface area contributed by atoms with E-state index in [0.29, 0.717) is 6.54 Å². The number of halogens is 1. The van der Waals surface area contributed by atoms with Gasteiger partial charge in [-0.3, -0.25) is 9.80 Å². The molecule has 1 heterocycles. The van der Waals surface area contributed by atoms with Gasteiger partial charge in [0.15, 0.2) is 0 Å². The lowest BCUT2D eigenvalue weighted by Gasteiger charge is -2.44. The minimum absolute atomic E-state index is 0.0213. The average molecular weight is 293 g/mol. The lowest BCUT2D eigenvalue weighted by atomic mass is 10.00. The molecule has 21 heavy (non-hydrogen) atoms. The van der Waals surface area contributed by atoms with Gasteiger partial charge in [0.05, 0.1) is 6.04 Å². The highest BCUT2D eigenvalue weighted by Crippen LogP contribution is 2.26. The molecule has 4 heteroatoms. The number of benzene rings is 1. The first kappa shape index (κ1) is 16.4. The summed E-state index contributed by atoms with van der Waals surface area (Å²) in [4.78, 5) is 4.80. The van der Waals surface area contributed by atoms with E-state index in [2.05, 4.69) is 30.6 Å². The number of piperazine rings is 1. The zero-order valence-electron chi connectivity index (χ0n) is 13.7. The monoisotopic (exact) mass is 293 g/mol. The SMILES string of the molecule is Cc1ccc(F)c(C(CN)N2CCN(C(C)(C)C)CC2)c1. The molecule has 0 saturated carbocycles. The van der Waals surface area contributed by atoms with E-state index in [0.717, 1.165) is 37.3 Å². The third-order valence-corrected chi connectivity index (χ3v) is 4.44. The summed E-state index contributed by atoms with van der Waals surface area (Å²) in [6.45, 7) is 13.1. The fourth-order valence-corrected chi connectivity index (χ4v) is 3.10. The Labute approximate surface area is 127 Å². The van der Waals surface area contributed by atoms with Gasteiger partial charge < -0.3 is 5.73 Å². The van der Waals surface area contributed by atoms with Crippen molar-refractivity contribution in [2.45, 2.75) is 39.3 Å². The van der Waals surface area contributed by atoms with Gasteiger partial charge in [-0.05, 0) is 33.8 Å². The first-order chi connectivity index (χ1) is 9.82. The van der Waals surface area contributed by atoms with E-state index < -0.39 is 0 Å². The fraction of sp³-hybridized carbons (Fsp3) is 0.647. The van der Waals surface area contributed by atoms with Crippen LogP contribution in [0.4, 0.5) is 4.39 Å².